The number of hydrogen-bond acceptors (Lipinski definition) is 4. The van der Waals surface area contributed by atoms with Crippen molar-refractivity contribution in [1.29, 1.82) is 5.26 Å². The van der Waals surface area contributed by atoms with Gasteiger partial charge in [0.2, 0.25) is 15.9 Å². The largest absolute Gasteiger partial charge is 0.325 e. The molecule has 0 fully saturated rings. The second-order valence-corrected chi connectivity index (χ2v) is 7.78. The third kappa shape index (κ3) is 5.33. The molecule has 7 heteroatoms. The Kier molecular flexibility index (Phi) is 6.36. The van der Waals surface area contributed by atoms with Crippen molar-refractivity contribution in [3.63, 3.8) is 0 Å². The Labute approximate surface area is 154 Å². The first-order valence-corrected chi connectivity index (χ1v) is 10.0. The summed E-state index contributed by atoms with van der Waals surface area (Å²) < 4.78 is 25.3. The van der Waals surface area contributed by atoms with Crippen molar-refractivity contribution in [2.24, 2.45) is 0 Å². The fourth-order valence-corrected chi connectivity index (χ4v) is 3.28. The molecule has 0 saturated heterocycles. The highest BCUT2D eigenvalue weighted by atomic mass is 32.2. The summed E-state index contributed by atoms with van der Waals surface area (Å²) in [4.78, 5) is 12.3. The number of anilines is 2. The summed E-state index contributed by atoms with van der Waals surface area (Å²) in [5.74, 6) is -0.442. The van der Waals surface area contributed by atoms with Crippen LogP contribution in [0.4, 0.5) is 11.4 Å². The number of nitrogens with one attached hydrogen (secondary N) is 1. The van der Waals surface area contributed by atoms with Gasteiger partial charge in [-0.05, 0) is 41.8 Å². The molecule has 2 aromatic carbocycles. The van der Waals surface area contributed by atoms with Crippen molar-refractivity contribution in [3.05, 3.63) is 59.7 Å². The van der Waals surface area contributed by atoms with Gasteiger partial charge in [-0.2, -0.15) is 5.26 Å². The summed E-state index contributed by atoms with van der Waals surface area (Å²) >= 11 is 0. The minimum atomic E-state index is -3.60. The molecule has 0 aliphatic carbocycles. The fourth-order valence-electron chi connectivity index (χ4n) is 2.43. The molecule has 6 nitrogen and oxygen atoms in total. The average molecular weight is 371 g/mol. The van der Waals surface area contributed by atoms with E-state index in [0.717, 1.165) is 28.1 Å². The molecule has 0 aliphatic rings. The van der Waals surface area contributed by atoms with Crippen LogP contribution in [0.15, 0.2) is 48.5 Å². The number of sulfonamides is 1. The maximum absolute atomic E-state index is 12.3. The molecule has 0 atom stereocenters. The maximum atomic E-state index is 12.3. The van der Waals surface area contributed by atoms with E-state index in [0.29, 0.717) is 17.8 Å². The Balaban J connectivity index is 2.12. The maximum Gasteiger partial charge on any atom is 0.245 e. The van der Waals surface area contributed by atoms with Crippen molar-refractivity contribution >= 4 is 27.3 Å². The molecule has 1 amide bonds. The van der Waals surface area contributed by atoms with E-state index < -0.39 is 15.9 Å². The topological polar surface area (TPSA) is 90.3 Å². The molecular weight excluding hydrogens is 350 g/mol. The van der Waals surface area contributed by atoms with Gasteiger partial charge in [-0.15, -0.1) is 0 Å². The Hall–Kier alpha value is -2.85. The van der Waals surface area contributed by atoms with Crippen LogP contribution in [0.3, 0.4) is 0 Å². The molecule has 1 N–H and O–H groups in total. The fraction of sp³-hybridized carbons (Fsp3) is 0.263. The van der Waals surface area contributed by atoms with Crippen LogP contribution in [0.2, 0.25) is 0 Å². The number of amides is 1. The second-order valence-electron chi connectivity index (χ2n) is 5.87. The van der Waals surface area contributed by atoms with Crippen molar-refractivity contribution in [2.75, 3.05) is 22.4 Å². The van der Waals surface area contributed by atoms with Crippen LogP contribution in [-0.4, -0.2) is 27.1 Å². The quantitative estimate of drug-likeness (QED) is 0.810. The van der Waals surface area contributed by atoms with Crippen molar-refractivity contribution < 1.29 is 13.2 Å². The van der Waals surface area contributed by atoms with Crippen LogP contribution >= 0.6 is 0 Å². The zero-order chi connectivity index (χ0) is 19.2. The van der Waals surface area contributed by atoms with E-state index in [1.807, 2.05) is 19.1 Å². The SMILES string of the molecule is CCc1ccc(N(CC(=O)Nc2ccc(CC#N)cc2)S(C)(=O)=O)cc1. The highest BCUT2D eigenvalue weighted by Crippen LogP contribution is 2.19. The van der Waals surface area contributed by atoms with E-state index in [2.05, 4.69) is 11.4 Å². The first-order chi connectivity index (χ1) is 12.3. The lowest BCUT2D eigenvalue weighted by Gasteiger charge is -2.22. The molecule has 0 spiro atoms. The van der Waals surface area contributed by atoms with Gasteiger partial charge in [-0.1, -0.05) is 31.2 Å². The first-order valence-electron chi connectivity index (χ1n) is 8.16. The predicted molar refractivity (Wildman–Crippen MR) is 102 cm³/mol. The molecule has 0 heterocycles. The third-order valence-electron chi connectivity index (χ3n) is 3.84. The molecule has 136 valence electrons. The lowest BCUT2D eigenvalue weighted by molar-refractivity contribution is -0.114. The van der Waals surface area contributed by atoms with Gasteiger partial charge in [0.1, 0.15) is 6.54 Å². The summed E-state index contributed by atoms with van der Waals surface area (Å²) in [6, 6.07) is 16.0. The second kappa shape index (κ2) is 8.50. The molecule has 2 rings (SSSR count). The third-order valence-corrected chi connectivity index (χ3v) is 4.98. The monoisotopic (exact) mass is 371 g/mol. The number of rotatable bonds is 7. The number of benzene rings is 2. The molecule has 0 radical (unpaired) electrons. The van der Waals surface area contributed by atoms with Gasteiger partial charge in [-0.3, -0.25) is 9.10 Å². The summed E-state index contributed by atoms with van der Waals surface area (Å²) in [7, 11) is -3.60. The van der Waals surface area contributed by atoms with E-state index >= 15 is 0 Å². The molecule has 0 unspecified atom stereocenters. The molecule has 26 heavy (non-hydrogen) atoms. The lowest BCUT2D eigenvalue weighted by Crippen LogP contribution is -2.37. The van der Waals surface area contributed by atoms with E-state index in [-0.39, 0.29) is 6.54 Å². The van der Waals surface area contributed by atoms with Crippen LogP contribution < -0.4 is 9.62 Å². The van der Waals surface area contributed by atoms with Gasteiger partial charge in [0, 0.05) is 5.69 Å². The Bertz CT molecular complexity index is 899. The number of nitriles is 1. The Morgan fingerprint density at radius 3 is 2.15 bits per heavy atom. The van der Waals surface area contributed by atoms with E-state index in [9.17, 15) is 13.2 Å². The number of carbonyl (C=O) groups excluding carboxylic acids is 1. The number of aryl methyl sites for hydroxylation is 1. The molecule has 0 saturated carbocycles. The van der Waals surface area contributed by atoms with Gasteiger partial charge >= 0.3 is 0 Å². The summed E-state index contributed by atoms with van der Waals surface area (Å²) in [6.45, 7) is 1.70. The molecule has 0 aromatic heterocycles. The lowest BCUT2D eigenvalue weighted by atomic mass is 10.1. The molecular formula is C19H21N3O3S. The summed E-state index contributed by atoms with van der Waals surface area (Å²) in [5.41, 5.74) is 2.93. The van der Waals surface area contributed by atoms with Crippen molar-refractivity contribution in [2.45, 2.75) is 19.8 Å². The van der Waals surface area contributed by atoms with Crippen LogP contribution in [0.1, 0.15) is 18.1 Å². The highest BCUT2D eigenvalue weighted by Gasteiger charge is 2.20. The van der Waals surface area contributed by atoms with Gasteiger partial charge < -0.3 is 5.32 Å². The minimum Gasteiger partial charge on any atom is -0.325 e. The van der Waals surface area contributed by atoms with Crippen molar-refractivity contribution in [1.82, 2.24) is 0 Å². The Morgan fingerprint density at radius 1 is 1.08 bits per heavy atom. The standard InChI is InChI=1S/C19H21N3O3S/c1-3-15-6-10-18(11-7-15)22(26(2,24)25)14-19(23)21-17-8-4-16(5-9-17)12-13-20/h4-11H,3,12,14H2,1-2H3,(H,21,23). The van der Waals surface area contributed by atoms with E-state index in [1.54, 1.807) is 36.4 Å². The average Bonchev–Trinajstić information content (AvgIpc) is 2.61. The highest BCUT2D eigenvalue weighted by molar-refractivity contribution is 7.92. The molecule has 0 aliphatic heterocycles. The number of hydrogen-bond donors (Lipinski definition) is 1. The van der Waals surface area contributed by atoms with E-state index in [1.165, 1.54) is 0 Å². The van der Waals surface area contributed by atoms with Gasteiger partial charge in [0.25, 0.3) is 0 Å². The number of nitrogens with zero attached hydrogens (tertiary/aromatic N) is 2. The Morgan fingerprint density at radius 2 is 1.65 bits per heavy atom. The first kappa shape index (κ1) is 19.5. The summed E-state index contributed by atoms with van der Waals surface area (Å²) in [5, 5.41) is 11.3. The molecule has 2 aromatic rings. The van der Waals surface area contributed by atoms with Gasteiger partial charge in [0.05, 0.1) is 24.4 Å². The van der Waals surface area contributed by atoms with Crippen LogP contribution in [0, 0.1) is 11.3 Å². The summed E-state index contributed by atoms with van der Waals surface area (Å²) in [6.07, 6.45) is 2.22. The predicted octanol–water partition coefficient (Wildman–Crippen LogP) is 2.72. The zero-order valence-electron chi connectivity index (χ0n) is 14.8. The smallest absolute Gasteiger partial charge is 0.245 e. The van der Waals surface area contributed by atoms with Crippen LogP contribution in [-0.2, 0) is 27.7 Å². The van der Waals surface area contributed by atoms with E-state index in [4.69, 9.17) is 5.26 Å². The normalized spacial score (nSPS) is 10.8. The molecule has 0 bridgehead atoms. The van der Waals surface area contributed by atoms with Gasteiger partial charge in [0.15, 0.2) is 0 Å². The van der Waals surface area contributed by atoms with Crippen LogP contribution in [0.25, 0.3) is 0 Å². The van der Waals surface area contributed by atoms with Crippen molar-refractivity contribution in [3.8, 4) is 6.07 Å². The van der Waals surface area contributed by atoms with Gasteiger partial charge in [-0.25, -0.2) is 8.42 Å². The van der Waals surface area contributed by atoms with Crippen LogP contribution in [0.5, 0.6) is 0 Å². The number of carbonyl (C=O) groups is 1. The zero-order valence-corrected chi connectivity index (χ0v) is 15.6. The minimum absolute atomic E-state index is 0.295.